The summed E-state index contributed by atoms with van der Waals surface area (Å²) in [4.78, 5) is 11.9. The van der Waals surface area contributed by atoms with E-state index in [9.17, 15) is 4.79 Å². The van der Waals surface area contributed by atoms with Gasteiger partial charge in [-0.3, -0.25) is 4.79 Å². The molecule has 0 saturated carbocycles. The summed E-state index contributed by atoms with van der Waals surface area (Å²) in [6.07, 6.45) is 2.83. The standard InChI is InChI=1S/C14H13BrN2O.H2S/c15-11-7-13-14(18)16-12(9-17(13)8-11)6-10-4-2-1-3-5-10;/h1-5,7-8,12H,6,9H2,(H,16,18);1H2/t12-;/m0./s1. The number of nitrogens with zero attached hydrogens (tertiary/aromatic N) is 1. The van der Waals surface area contributed by atoms with Gasteiger partial charge in [0, 0.05) is 17.2 Å². The Kier molecular flexibility index (Phi) is 4.37. The molecule has 5 heteroatoms. The minimum Gasteiger partial charge on any atom is -0.346 e. The number of carbonyl (C=O) groups excluding carboxylic acids is 1. The van der Waals surface area contributed by atoms with E-state index in [-0.39, 0.29) is 25.4 Å². The molecule has 2 aromatic rings. The molecule has 0 bridgehead atoms. The molecule has 1 aliphatic heterocycles. The number of rotatable bonds is 2. The second-order valence-electron chi connectivity index (χ2n) is 4.56. The monoisotopic (exact) mass is 338 g/mol. The Morgan fingerprint density at radius 3 is 2.79 bits per heavy atom. The van der Waals surface area contributed by atoms with Crippen molar-refractivity contribution in [2.24, 2.45) is 0 Å². The maximum absolute atomic E-state index is 11.9. The van der Waals surface area contributed by atoms with Gasteiger partial charge in [-0.25, -0.2) is 0 Å². The Balaban J connectivity index is 0.00000133. The number of hydrogen-bond acceptors (Lipinski definition) is 1. The number of carbonyl (C=O) groups is 1. The third-order valence-electron chi connectivity index (χ3n) is 3.17. The van der Waals surface area contributed by atoms with E-state index < -0.39 is 0 Å². The van der Waals surface area contributed by atoms with Crippen molar-refractivity contribution in [2.75, 3.05) is 0 Å². The molecule has 0 fully saturated rings. The molecular weight excluding hydrogens is 324 g/mol. The van der Waals surface area contributed by atoms with Crippen molar-refractivity contribution in [2.45, 2.75) is 19.0 Å². The topological polar surface area (TPSA) is 34.0 Å². The van der Waals surface area contributed by atoms with Gasteiger partial charge in [0.25, 0.3) is 5.91 Å². The van der Waals surface area contributed by atoms with Crippen molar-refractivity contribution in [1.82, 2.24) is 9.88 Å². The van der Waals surface area contributed by atoms with Gasteiger partial charge in [-0.05, 0) is 34.0 Å². The highest BCUT2D eigenvalue weighted by molar-refractivity contribution is 9.10. The van der Waals surface area contributed by atoms with E-state index in [1.54, 1.807) is 0 Å². The normalized spacial score (nSPS) is 17.3. The summed E-state index contributed by atoms with van der Waals surface area (Å²) in [6.45, 7) is 0.821. The van der Waals surface area contributed by atoms with Crippen LogP contribution in [-0.4, -0.2) is 16.5 Å². The van der Waals surface area contributed by atoms with Crippen LogP contribution in [0.15, 0.2) is 47.1 Å². The third-order valence-corrected chi connectivity index (χ3v) is 3.61. The molecule has 0 spiro atoms. The predicted octanol–water partition coefficient (Wildman–Crippen LogP) is 2.72. The van der Waals surface area contributed by atoms with Crippen molar-refractivity contribution < 1.29 is 4.79 Å². The van der Waals surface area contributed by atoms with E-state index in [2.05, 4.69) is 33.4 Å². The number of nitrogens with one attached hydrogen (secondary N) is 1. The van der Waals surface area contributed by atoms with E-state index in [0.717, 1.165) is 23.1 Å². The van der Waals surface area contributed by atoms with E-state index in [1.807, 2.05) is 35.0 Å². The summed E-state index contributed by atoms with van der Waals surface area (Å²) in [6, 6.07) is 12.3. The minimum absolute atomic E-state index is 0. The fourth-order valence-corrected chi connectivity index (χ4v) is 2.84. The van der Waals surface area contributed by atoms with Crippen molar-refractivity contribution in [3.05, 3.63) is 58.3 Å². The van der Waals surface area contributed by atoms with Crippen LogP contribution in [0.4, 0.5) is 0 Å². The molecule has 0 radical (unpaired) electrons. The molecule has 19 heavy (non-hydrogen) atoms. The Bertz CT molecular complexity index is 582. The average Bonchev–Trinajstić information content (AvgIpc) is 2.72. The Morgan fingerprint density at radius 1 is 1.32 bits per heavy atom. The predicted molar refractivity (Wildman–Crippen MR) is 83.9 cm³/mol. The molecule has 3 nitrogen and oxygen atoms in total. The van der Waals surface area contributed by atoms with Crippen molar-refractivity contribution >= 4 is 35.3 Å². The second-order valence-corrected chi connectivity index (χ2v) is 5.47. The first-order valence-corrected chi connectivity index (χ1v) is 6.72. The molecule has 1 aromatic heterocycles. The Morgan fingerprint density at radius 2 is 2.05 bits per heavy atom. The Labute approximate surface area is 127 Å². The molecule has 3 rings (SSSR count). The summed E-state index contributed by atoms with van der Waals surface area (Å²) < 4.78 is 2.96. The van der Waals surface area contributed by atoms with E-state index in [0.29, 0.717) is 0 Å². The first kappa shape index (κ1) is 14.2. The van der Waals surface area contributed by atoms with Crippen LogP contribution in [0, 0.1) is 0 Å². The summed E-state index contributed by atoms with van der Waals surface area (Å²) in [7, 11) is 0. The summed E-state index contributed by atoms with van der Waals surface area (Å²) in [5.74, 6) is 0.00730. The van der Waals surface area contributed by atoms with Gasteiger partial charge < -0.3 is 9.88 Å². The molecule has 0 saturated heterocycles. The first-order valence-electron chi connectivity index (χ1n) is 5.93. The van der Waals surface area contributed by atoms with Crippen molar-refractivity contribution in [3.8, 4) is 0 Å². The van der Waals surface area contributed by atoms with Crippen LogP contribution < -0.4 is 5.32 Å². The van der Waals surface area contributed by atoms with Gasteiger partial charge in [0.1, 0.15) is 5.69 Å². The highest BCUT2D eigenvalue weighted by Gasteiger charge is 2.24. The van der Waals surface area contributed by atoms with Gasteiger partial charge in [-0.2, -0.15) is 13.5 Å². The molecule has 2 heterocycles. The lowest BCUT2D eigenvalue weighted by atomic mass is 10.0. The largest absolute Gasteiger partial charge is 0.346 e. The average molecular weight is 339 g/mol. The van der Waals surface area contributed by atoms with Gasteiger partial charge in [0.15, 0.2) is 0 Å². The lowest BCUT2D eigenvalue weighted by molar-refractivity contribution is 0.0901. The van der Waals surface area contributed by atoms with Crippen LogP contribution in [0.1, 0.15) is 16.1 Å². The lowest BCUT2D eigenvalue weighted by Crippen LogP contribution is -2.45. The lowest BCUT2D eigenvalue weighted by Gasteiger charge is -2.25. The van der Waals surface area contributed by atoms with Crippen LogP contribution in [0.25, 0.3) is 0 Å². The van der Waals surface area contributed by atoms with Crippen LogP contribution >= 0.6 is 29.4 Å². The molecule has 1 amide bonds. The van der Waals surface area contributed by atoms with Crippen molar-refractivity contribution in [3.63, 3.8) is 0 Å². The number of halogens is 1. The van der Waals surface area contributed by atoms with Crippen LogP contribution in [0.3, 0.4) is 0 Å². The van der Waals surface area contributed by atoms with Gasteiger partial charge in [-0.15, -0.1) is 0 Å². The summed E-state index contributed by atoms with van der Waals surface area (Å²) in [5.41, 5.74) is 1.98. The number of benzene rings is 1. The van der Waals surface area contributed by atoms with E-state index in [1.165, 1.54) is 5.56 Å². The molecule has 0 aliphatic carbocycles. The maximum atomic E-state index is 11.9. The van der Waals surface area contributed by atoms with Gasteiger partial charge >= 0.3 is 0 Å². The number of fused-ring (bicyclic) bond motifs is 1. The summed E-state index contributed by atoms with van der Waals surface area (Å²) in [5, 5.41) is 3.05. The van der Waals surface area contributed by atoms with Crippen LogP contribution in [0.5, 0.6) is 0 Å². The fraction of sp³-hybridized carbons (Fsp3) is 0.214. The number of hydrogen-bond donors (Lipinski definition) is 1. The Hall–Kier alpha value is -1.20. The maximum Gasteiger partial charge on any atom is 0.268 e. The van der Waals surface area contributed by atoms with Crippen LogP contribution in [-0.2, 0) is 13.0 Å². The summed E-state index contributed by atoms with van der Waals surface area (Å²) >= 11 is 3.41. The number of aromatic nitrogens is 1. The molecular formula is C14H15BrN2OS. The number of amides is 1. The second kappa shape index (κ2) is 5.84. The third kappa shape index (κ3) is 3.04. The quantitative estimate of drug-likeness (QED) is 0.897. The molecule has 0 unspecified atom stereocenters. The zero-order valence-corrected chi connectivity index (χ0v) is 12.9. The highest BCUT2D eigenvalue weighted by Crippen LogP contribution is 2.19. The van der Waals surface area contributed by atoms with Crippen molar-refractivity contribution in [1.29, 1.82) is 0 Å². The zero-order valence-electron chi connectivity index (χ0n) is 10.3. The minimum atomic E-state index is 0. The fourth-order valence-electron chi connectivity index (χ4n) is 2.37. The van der Waals surface area contributed by atoms with E-state index >= 15 is 0 Å². The first-order chi connectivity index (χ1) is 8.72. The van der Waals surface area contributed by atoms with Gasteiger partial charge in [-0.1, -0.05) is 30.3 Å². The van der Waals surface area contributed by atoms with Gasteiger partial charge in [0.05, 0.1) is 6.04 Å². The molecule has 1 aromatic carbocycles. The zero-order chi connectivity index (χ0) is 12.5. The molecule has 1 N–H and O–H groups in total. The molecule has 100 valence electrons. The SMILES string of the molecule is O=C1N[C@@H](Cc2ccccc2)Cn2cc(Br)cc21.S. The van der Waals surface area contributed by atoms with E-state index in [4.69, 9.17) is 0 Å². The highest BCUT2D eigenvalue weighted by atomic mass is 79.9. The molecule has 1 aliphatic rings. The van der Waals surface area contributed by atoms with Gasteiger partial charge in [0.2, 0.25) is 0 Å². The van der Waals surface area contributed by atoms with Crippen LogP contribution in [0.2, 0.25) is 0 Å². The smallest absolute Gasteiger partial charge is 0.268 e. The molecule has 1 atom stereocenters.